The molecule has 0 spiro atoms. The van der Waals surface area contributed by atoms with Crippen molar-refractivity contribution in [3.8, 4) is 0 Å². The van der Waals surface area contributed by atoms with Crippen LogP contribution in [0.4, 0.5) is 0 Å². The van der Waals surface area contributed by atoms with Crippen molar-refractivity contribution in [2.45, 2.75) is 79.7 Å². The highest BCUT2D eigenvalue weighted by atomic mass is 16.5. The first kappa shape index (κ1) is 18.9. The standard InChI is InChI=1S/C16H36N2O/c1-10(2)13(6)14(17)12(5)9-16(7,8)19-15(18)11(3)4/h10-15H,9,17-18H2,1-8H3. The highest BCUT2D eigenvalue weighted by Crippen LogP contribution is 2.28. The molecule has 3 nitrogen and oxygen atoms in total. The van der Waals surface area contributed by atoms with Gasteiger partial charge in [-0.1, -0.05) is 41.5 Å². The molecule has 0 rings (SSSR count). The lowest BCUT2D eigenvalue weighted by molar-refractivity contribution is -0.0991. The molecule has 0 saturated heterocycles. The molecule has 0 amide bonds. The molecule has 19 heavy (non-hydrogen) atoms. The van der Waals surface area contributed by atoms with E-state index < -0.39 is 0 Å². The maximum absolute atomic E-state index is 6.37. The molecule has 0 fully saturated rings. The van der Waals surface area contributed by atoms with Gasteiger partial charge in [0.2, 0.25) is 0 Å². The first-order chi connectivity index (χ1) is 8.48. The molecule has 0 heterocycles. The zero-order chi connectivity index (χ0) is 15.4. The van der Waals surface area contributed by atoms with Crippen LogP contribution >= 0.6 is 0 Å². The minimum Gasteiger partial charge on any atom is -0.357 e. The minimum absolute atomic E-state index is 0.207. The molecule has 0 aromatic heterocycles. The van der Waals surface area contributed by atoms with E-state index in [4.69, 9.17) is 16.2 Å². The third-order valence-electron chi connectivity index (χ3n) is 4.24. The fourth-order valence-corrected chi connectivity index (χ4v) is 2.43. The summed E-state index contributed by atoms with van der Waals surface area (Å²) < 4.78 is 5.98. The summed E-state index contributed by atoms with van der Waals surface area (Å²) >= 11 is 0. The van der Waals surface area contributed by atoms with Gasteiger partial charge in [0.15, 0.2) is 0 Å². The van der Waals surface area contributed by atoms with Crippen LogP contribution in [0.25, 0.3) is 0 Å². The smallest absolute Gasteiger partial charge is 0.108 e. The zero-order valence-electron chi connectivity index (χ0n) is 14.2. The van der Waals surface area contributed by atoms with Gasteiger partial charge in [-0.2, -0.15) is 0 Å². The lowest BCUT2D eigenvalue weighted by atomic mass is 9.80. The van der Waals surface area contributed by atoms with E-state index in [-0.39, 0.29) is 17.9 Å². The van der Waals surface area contributed by atoms with Crippen LogP contribution in [-0.2, 0) is 4.74 Å². The Hall–Kier alpha value is -0.120. The van der Waals surface area contributed by atoms with Gasteiger partial charge in [0.25, 0.3) is 0 Å². The van der Waals surface area contributed by atoms with Gasteiger partial charge in [-0.05, 0) is 43.9 Å². The van der Waals surface area contributed by atoms with Crippen molar-refractivity contribution in [1.82, 2.24) is 0 Å². The minimum atomic E-state index is -0.225. The van der Waals surface area contributed by atoms with Gasteiger partial charge in [0.05, 0.1) is 5.60 Å². The molecule has 4 atom stereocenters. The molecule has 0 bridgehead atoms. The highest BCUT2D eigenvalue weighted by Gasteiger charge is 2.30. The second-order valence-corrected chi connectivity index (χ2v) is 7.45. The van der Waals surface area contributed by atoms with E-state index in [0.29, 0.717) is 23.7 Å². The van der Waals surface area contributed by atoms with Gasteiger partial charge in [0, 0.05) is 6.04 Å². The van der Waals surface area contributed by atoms with Crippen molar-refractivity contribution >= 4 is 0 Å². The topological polar surface area (TPSA) is 61.3 Å². The maximum Gasteiger partial charge on any atom is 0.108 e. The molecule has 0 radical (unpaired) electrons. The van der Waals surface area contributed by atoms with Crippen LogP contribution in [0.1, 0.15) is 61.8 Å². The summed E-state index contributed by atoms with van der Waals surface area (Å²) in [5.74, 6) is 1.88. The van der Waals surface area contributed by atoms with Gasteiger partial charge >= 0.3 is 0 Å². The Kier molecular flexibility index (Phi) is 7.56. The second-order valence-electron chi connectivity index (χ2n) is 7.45. The van der Waals surface area contributed by atoms with Crippen molar-refractivity contribution in [1.29, 1.82) is 0 Å². The number of hydrogen-bond acceptors (Lipinski definition) is 3. The van der Waals surface area contributed by atoms with Crippen LogP contribution in [0.5, 0.6) is 0 Å². The van der Waals surface area contributed by atoms with Crippen molar-refractivity contribution in [2.75, 3.05) is 0 Å². The first-order valence-corrected chi connectivity index (χ1v) is 7.67. The van der Waals surface area contributed by atoms with E-state index in [1.54, 1.807) is 0 Å². The van der Waals surface area contributed by atoms with Crippen LogP contribution in [0.2, 0.25) is 0 Å². The Balaban J connectivity index is 4.48. The molecule has 0 aliphatic heterocycles. The lowest BCUT2D eigenvalue weighted by Gasteiger charge is -2.36. The molecule has 3 heteroatoms. The maximum atomic E-state index is 6.37. The summed E-state index contributed by atoms with van der Waals surface area (Å²) in [6.45, 7) is 17.3. The number of nitrogens with two attached hydrogens (primary N) is 2. The summed E-state index contributed by atoms with van der Waals surface area (Å²) in [7, 11) is 0. The predicted octanol–water partition coefficient (Wildman–Crippen LogP) is 3.37. The van der Waals surface area contributed by atoms with E-state index in [9.17, 15) is 0 Å². The summed E-state index contributed by atoms with van der Waals surface area (Å²) in [6, 6.07) is 0.207. The molecule has 116 valence electrons. The van der Waals surface area contributed by atoms with Crippen LogP contribution in [0, 0.1) is 23.7 Å². The van der Waals surface area contributed by atoms with Gasteiger partial charge in [-0.15, -0.1) is 0 Å². The van der Waals surface area contributed by atoms with Crippen LogP contribution in [0.3, 0.4) is 0 Å². The summed E-state index contributed by atoms with van der Waals surface area (Å²) in [5, 5.41) is 0. The van der Waals surface area contributed by atoms with E-state index in [1.165, 1.54) is 0 Å². The third kappa shape index (κ3) is 6.73. The third-order valence-corrected chi connectivity index (χ3v) is 4.24. The summed E-state index contributed by atoms with van der Waals surface area (Å²) in [4.78, 5) is 0. The van der Waals surface area contributed by atoms with E-state index in [0.717, 1.165) is 6.42 Å². The van der Waals surface area contributed by atoms with Gasteiger partial charge in [-0.25, -0.2) is 0 Å². The quantitative estimate of drug-likeness (QED) is 0.666. The zero-order valence-corrected chi connectivity index (χ0v) is 14.2. The second kappa shape index (κ2) is 7.61. The van der Waals surface area contributed by atoms with Gasteiger partial charge in [-0.3, -0.25) is 0 Å². The first-order valence-electron chi connectivity index (χ1n) is 7.67. The molecular weight excluding hydrogens is 236 g/mol. The molecule has 0 aromatic carbocycles. The fraction of sp³-hybridized carbons (Fsp3) is 1.00. The Morgan fingerprint density at radius 1 is 0.895 bits per heavy atom. The molecule has 0 aliphatic carbocycles. The van der Waals surface area contributed by atoms with Crippen molar-refractivity contribution in [2.24, 2.45) is 35.1 Å². The van der Waals surface area contributed by atoms with Crippen LogP contribution in [0.15, 0.2) is 0 Å². The summed E-state index contributed by atoms with van der Waals surface area (Å²) in [5.41, 5.74) is 12.2. The average Bonchev–Trinajstić information content (AvgIpc) is 2.25. The number of ether oxygens (including phenoxy) is 1. The Morgan fingerprint density at radius 2 is 1.37 bits per heavy atom. The molecule has 4 unspecified atom stereocenters. The Morgan fingerprint density at radius 3 is 1.74 bits per heavy atom. The van der Waals surface area contributed by atoms with Crippen LogP contribution < -0.4 is 11.5 Å². The van der Waals surface area contributed by atoms with Gasteiger partial charge < -0.3 is 16.2 Å². The molecule has 0 aromatic rings. The monoisotopic (exact) mass is 272 g/mol. The SMILES string of the molecule is CC(C)C(N)OC(C)(C)CC(C)C(N)C(C)C(C)C. The summed E-state index contributed by atoms with van der Waals surface area (Å²) in [6.07, 6.45) is 0.729. The van der Waals surface area contributed by atoms with Gasteiger partial charge in [0.1, 0.15) is 6.23 Å². The predicted molar refractivity (Wildman–Crippen MR) is 83.7 cm³/mol. The molecule has 4 N–H and O–H groups in total. The largest absolute Gasteiger partial charge is 0.357 e. The van der Waals surface area contributed by atoms with E-state index in [2.05, 4.69) is 55.4 Å². The molecule has 0 aliphatic rings. The molecular formula is C16H36N2O. The fourth-order valence-electron chi connectivity index (χ4n) is 2.43. The average molecular weight is 272 g/mol. The highest BCUT2D eigenvalue weighted by molar-refractivity contribution is 4.83. The normalized spacial score (nSPS) is 19.6. The Labute approximate surface area is 120 Å². The van der Waals surface area contributed by atoms with Crippen molar-refractivity contribution < 1.29 is 4.74 Å². The number of rotatable bonds is 8. The molecule has 0 saturated carbocycles. The Bertz CT molecular complexity index is 251. The van der Waals surface area contributed by atoms with E-state index in [1.807, 2.05) is 0 Å². The van der Waals surface area contributed by atoms with Crippen LogP contribution in [-0.4, -0.2) is 17.9 Å². The van der Waals surface area contributed by atoms with Crippen molar-refractivity contribution in [3.05, 3.63) is 0 Å². The van der Waals surface area contributed by atoms with Crippen molar-refractivity contribution in [3.63, 3.8) is 0 Å². The number of hydrogen-bond donors (Lipinski definition) is 2. The lowest BCUT2D eigenvalue weighted by Crippen LogP contribution is -2.44. The van der Waals surface area contributed by atoms with E-state index >= 15 is 0 Å².